The van der Waals surface area contributed by atoms with Crippen molar-refractivity contribution in [2.24, 2.45) is 0 Å². The first-order chi connectivity index (χ1) is 12.9. The number of likely N-dealkylation sites (tertiary alicyclic amines) is 1. The van der Waals surface area contributed by atoms with Crippen molar-refractivity contribution in [3.05, 3.63) is 53.2 Å². The van der Waals surface area contributed by atoms with Crippen molar-refractivity contribution < 1.29 is 23.2 Å². The number of carbonyl (C=O) groups excluding carboxylic acids is 2. The lowest BCUT2D eigenvalue weighted by Gasteiger charge is -2.30. The molecule has 7 nitrogen and oxygen atoms in total. The second kappa shape index (κ2) is 7.87. The molecule has 1 fully saturated rings. The number of ether oxygens (including phenoxy) is 1. The van der Waals surface area contributed by atoms with Gasteiger partial charge in [-0.3, -0.25) is 9.59 Å². The Labute approximate surface area is 156 Å². The third-order valence-corrected chi connectivity index (χ3v) is 4.76. The molecule has 2 aromatic rings. The molecule has 144 valence electrons. The molecular formula is C19H22FN3O4. The minimum absolute atomic E-state index is 0.234. The molecule has 27 heavy (non-hydrogen) atoms. The standard InChI is InChI=1S/C19H22FN3O4/c1-13-11-16(22-27-13)18(25)23-9-7-19(12-23,8-10-26-2)21-17(24)14-3-5-15(20)6-4-14/h3-6,11H,7-10,12H2,1-2H3,(H,21,24). The molecule has 1 aliphatic heterocycles. The summed E-state index contributed by atoms with van der Waals surface area (Å²) in [5.74, 6) is -0.381. The second-order valence-corrected chi connectivity index (χ2v) is 6.78. The molecule has 0 aliphatic carbocycles. The van der Waals surface area contributed by atoms with Gasteiger partial charge in [-0.2, -0.15) is 0 Å². The molecule has 8 heteroatoms. The molecule has 3 rings (SSSR count). The molecule has 0 bridgehead atoms. The Morgan fingerprint density at radius 3 is 2.74 bits per heavy atom. The summed E-state index contributed by atoms with van der Waals surface area (Å²) in [6, 6.07) is 6.95. The van der Waals surface area contributed by atoms with Gasteiger partial charge in [-0.1, -0.05) is 5.16 Å². The largest absolute Gasteiger partial charge is 0.385 e. The minimum atomic E-state index is -0.615. The molecule has 1 N–H and O–H groups in total. The van der Waals surface area contributed by atoms with E-state index in [0.29, 0.717) is 43.9 Å². The number of carbonyl (C=O) groups is 2. The Balaban J connectivity index is 1.74. The lowest BCUT2D eigenvalue weighted by Crippen LogP contribution is -2.51. The van der Waals surface area contributed by atoms with E-state index in [0.717, 1.165) is 0 Å². The van der Waals surface area contributed by atoms with Gasteiger partial charge in [0.05, 0.1) is 5.54 Å². The van der Waals surface area contributed by atoms with Crippen molar-refractivity contribution >= 4 is 11.8 Å². The average molecular weight is 375 g/mol. The summed E-state index contributed by atoms with van der Waals surface area (Å²) < 4.78 is 23.3. The quantitative estimate of drug-likeness (QED) is 0.837. The highest BCUT2D eigenvalue weighted by atomic mass is 19.1. The van der Waals surface area contributed by atoms with Gasteiger partial charge in [-0.15, -0.1) is 0 Å². The van der Waals surface area contributed by atoms with Crippen LogP contribution >= 0.6 is 0 Å². The van der Waals surface area contributed by atoms with Gasteiger partial charge < -0.3 is 19.5 Å². The number of hydrogen-bond acceptors (Lipinski definition) is 5. The first kappa shape index (κ1) is 19.0. The number of aryl methyl sites for hydroxylation is 1. The van der Waals surface area contributed by atoms with Crippen LogP contribution in [0.3, 0.4) is 0 Å². The van der Waals surface area contributed by atoms with E-state index in [4.69, 9.17) is 9.26 Å². The normalized spacial score (nSPS) is 19.3. The van der Waals surface area contributed by atoms with E-state index in [1.54, 1.807) is 25.0 Å². The fraction of sp³-hybridized carbons (Fsp3) is 0.421. The van der Waals surface area contributed by atoms with E-state index in [-0.39, 0.29) is 17.5 Å². The summed E-state index contributed by atoms with van der Waals surface area (Å²) in [7, 11) is 1.59. The lowest BCUT2D eigenvalue weighted by molar-refractivity contribution is 0.0738. The van der Waals surface area contributed by atoms with Crippen LogP contribution in [0.5, 0.6) is 0 Å². The maximum absolute atomic E-state index is 13.1. The molecule has 1 saturated heterocycles. The zero-order valence-electron chi connectivity index (χ0n) is 15.3. The molecule has 2 heterocycles. The third-order valence-electron chi connectivity index (χ3n) is 4.76. The fourth-order valence-corrected chi connectivity index (χ4v) is 3.26. The zero-order chi connectivity index (χ0) is 19.4. The number of methoxy groups -OCH3 is 1. The molecular weight excluding hydrogens is 353 g/mol. The number of nitrogens with one attached hydrogen (secondary N) is 1. The van der Waals surface area contributed by atoms with Crippen LogP contribution in [0.4, 0.5) is 4.39 Å². The van der Waals surface area contributed by atoms with Gasteiger partial charge in [0, 0.05) is 38.4 Å². The topological polar surface area (TPSA) is 84.7 Å². The molecule has 0 saturated carbocycles. The summed E-state index contributed by atoms with van der Waals surface area (Å²) >= 11 is 0. The van der Waals surface area contributed by atoms with Crippen LogP contribution in [0.1, 0.15) is 39.4 Å². The smallest absolute Gasteiger partial charge is 0.276 e. The van der Waals surface area contributed by atoms with E-state index in [1.807, 2.05) is 0 Å². The Morgan fingerprint density at radius 2 is 2.11 bits per heavy atom. The Hall–Kier alpha value is -2.74. The number of benzene rings is 1. The van der Waals surface area contributed by atoms with Crippen molar-refractivity contribution in [2.75, 3.05) is 26.8 Å². The highest BCUT2D eigenvalue weighted by Gasteiger charge is 2.41. The van der Waals surface area contributed by atoms with Gasteiger partial charge >= 0.3 is 0 Å². The number of amides is 2. The summed E-state index contributed by atoms with van der Waals surface area (Å²) in [6.45, 7) is 2.99. The van der Waals surface area contributed by atoms with E-state index in [1.165, 1.54) is 24.3 Å². The first-order valence-electron chi connectivity index (χ1n) is 8.72. The van der Waals surface area contributed by atoms with Gasteiger partial charge in [0.25, 0.3) is 11.8 Å². The molecule has 1 aromatic carbocycles. The molecule has 0 radical (unpaired) electrons. The van der Waals surface area contributed by atoms with Crippen molar-refractivity contribution in [3.63, 3.8) is 0 Å². The Morgan fingerprint density at radius 1 is 1.37 bits per heavy atom. The summed E-state index contributed by atoms with van der Waals surface area (Å²) in [6.07, 6.45) is 1.14. The van der Waals surface area contributed by atoms with Crippen LogP contribution in [0.25, 0.3) is 0 Å². The van der Waals surface area contributed by atoms with Crippen molar-refractivity contribution in [2.45, 2.75) is 25.3 Å². The van der Waals surface area contributed by atoms with Crippen molar-refractivity contribution in [1.82, 2.24) is 15.4 Å². The second-order valence-electron chi connectivity index (χ2n) is 6.78. The predicted octanol–water partition coefficient (Wildman–Crippen LogP) is 2.17. The molecule has 1 atom stereocenters. The third kappa shape index (κ3) is 4.33. The van der Waals surface area contributed by atoms with E-state index < -0.39 is 11.4 Å². The molecule has 2 amide bonds. The van der Waals surface area contributed by atoms with Crippen LogP contribution < -0.4 is 5.32 Å². The van der Waals surface area contributed by atoms with Crippen LogP contribution in [-0.4, -0.2) is 54.2 Å². The predicted molar refractivity (Wildman–Crippen MR) is 94.9 cm³/mol. The summed E-state index contributed by atoms with van der Waals surface area (Å²) in [5.41, 5.74) is 0.000579. The maximum Gasteiger partial charge on any atom is 0.276 e. The first-order valence-corrected chi connectivity index (χ1v) is 8.72. The molecule has 1 unspecified atom stereocenters. The SMILES string of the molecule is COCCC1(NC(=O)c2ccc(F)cc2)CCN(C(=O)c2cc(C)on2)C1. The van der Waals surface area contributed by atoms with Crippen LogP contribution in [0.2, 0.25) is 0 Å². The number of nitrogens with zero attached hydrogens (tertiary/aromatic N) is 2. The number of hydrogen-bond donors (Lipinski definition) is 1. The summed E-state index contributed by atoms with van der Waals surface area (Å²) in [4.78, 5) is 26.9. The highest BCUT2D eigenvalue weighted by molar-refractivity contribution is 5.95. The number of rotatable bonds is 6. The highest BCUT2D eigenvalue weighted by Crippen LogP contribution is 2.27. The molecule has 0 spiro atoms. The van der Waals surface area contributed by atoms with Crippen LogP contribution in [-0.2, 0) is 4.74 Å². The molecule has 1 aromatic heterocycles. The van der Waals surface area contributed by atoms with E-state index in [9.17, 15) is 14.0 Å². The van der Waals surface area contributed by atoms with Gasteiger partial charge in [0.1, 0.15) is 11.6 Å². The van der Waals surface area contributed by atoms with Crippen LogP contribution in [0.15, 0.2) is 34.9 Å². The average Bonchev–Trinajstić information content (AvgIpc) is 3.27. The van der Waals surface area contributed by atoms with Gasteiger partial charge in [0.2, 0.25) is 0 Å². The number of aromatic nitrogens is 1. The Bertz CT molecular complexity index is 821. The van der Waals surface area contributed by atoms with E-state index >= 15 is 0 Å². The maximum atomic E-state index is 13.1. The zero-order valence-corrected chi connectivity index (χ0v) is 15.3. The van der Waals surface area contributed by atoms with Gasteiger partial charge in [-0.05, 0) is 44.0 Å². The van der Waals surface area contributed by atoms with E-state index in [2.05, 4.69) is 10.5 Å². The van der Waals surface area contributed by atoms with Crippen LogP contribution in [0, 0.1) is 12.7 Å². The lowest BCUT2D eigenvalue weighted by atomic mass is 9.94. The monoisotopic (exact) mass is 375 g/mol. The van der Waals surface area contributed by atoms with Gasteiger partial charge in [-0.25, -0.2) is 4.39 Å². The Kier molecular flexibility index (Phi) is 5.55. The summed E-state index contributed by atoms with van der Waals surface area (Å²) in [5, 5.41) is 6.80. The van der Waals surface area contributed by atoms with Crippen molar-refractivity contribution in [1.29, 1.82) is 0 Å². The van der Waals surface area contributed by atoms with Gasteiger partial charge in [0.15, 0.2) is 5.69 Å². The minimum Gasteiger partial charge on any atom is -0.385 e. The fourth-order valence-electron chi connectivity index (χ4n) is 3.26. The number of halogens is 1. The van der Waals surface area contributed by atoms with Crippen molar-refractivity contribution in [3.8, 4) is 0 Å². The molecule has 1 aliphatic rings.